The van der Waals surface area contributed by atoms with Crippen molar-refractivity contribution < 1.29 is 27.1 Å². The molecule has 0 fully saturated rings. The summed E-state index contributed by atoms with van der Waals surface area (Å²) in [5.41, 5.74) is 0.750. The van der Waals surface area contributed by atoms with Crippen molar-refractivity contribution in [2.45, 2.75) is 19.5 Å². The second kappa shape index (κ2) is 8.96. The van der Waals surface area contributed by atoms with Crippen molar-refractivity contribution in [1.29, 1.82) is 0 Å². The van der Waals surface area contributed by atoms with Crippen LogP contribution in [0, 0.1) is 5.82 Å². The standard InChI is InChI=1S/C20H19FN6O5S/c1-12-15-6-5-14(31-17-4-3-8-24-25-17)10-16(15)32-20(28)27(12)11-13-7-9-23-19(18(13)21)26-33(29,30)22-2/h3-10,12,22H,11H2,1-2H3,(H,23,26). The smallest absolute Gasteiger partial charge is 0.416 e. The molecule has 4 rings (SSSR count). The van der Waals surface area contributed by atoms with Gasteiger partial charge in [0.05, 0.1) is 12.6 Å². The zero-order valence-corrected chi connectivity index (χ0v) is 18.3. The van der Waals surface area contributed by atoms with Crippen molar-refractivity contribution in [2.75, 3.05) is 11.8 Å². The van der Waals surface area contributed by atoms with Gasteiger partial charge in [-0.25, -0.2) is 18.9 Å². The molecule has 0 saturated heterocycles. The molecule has 0 aliphatic carbocycles. The Morgan fingerprint density at radius 2 is 2.06 bits per heavy atom. The number of hydrogen-bond donors (Lipinski definition) is 2. The molecule has 0 bridgehead atoms. The largest absolute Gasteiger partial charge is 0.437 e. The van der Waals surface area contributed by atoms with Gasteiger partial charge in [0.2, 0.25) is 5.88 Å². The number of benzene rings is 1. The summed E-state index contributed by atoms with van der Waals surface area (Å²) in [5.74, 6) is -0.375. The van der Waals surface area contributed by atoms with E-state index in [4.69, 9.17) is 9.47 Å². The van der Waals surface area contributed by atoms with Gasteiger partial charge in [0.1, 0.15) is 11.5 Å². The van der Waals surface area contributed by atoms with E-state index in [1.807, 2.05) is 9.44 Å². The van der Waals surface area contributed by atoms with E-state index in [1.165, 1.54) is 30.4 Å². The molecule has 1 atom stereocenters. The molecule has 1 aromatic carbocycles. The molecule has 1 aliphatic heterocycles. The number of anilines is 1. The quantitative estimate of drug-likeness (QED) is 0.534. The van der Waals surface area contributed by atoms with Gasteiger partial charge in [-0.2, -0.15) is 13.5 Å². The summed E-state index contributed by atoms with van der Waals surface area (Å²) in [6, 6.07) is 9.20. The summed E-state index contributed by atoms with van der Waals surface area (Å²) >= 11 is 0. The van der Waals surface area contributed by atoms with Crippen molar-refractivity contribution in [2.24, 2.45) is 0 Å². The van der Waals surface area contributed by atoms with E-state index in [9.17, 15) is 17.6 Å². The zero-order chi connectivity index (χ0) is 23.6. The Hall–Kier alpha value is -3.84. The highest BCUT2D eigenvalue weighted by molar-refractivity contribution is 7.90. The third-order valence-electron chi connectivity index (χ3n) is 4.91. The first kappa shape index (κ1) is 22.4. The Balaban J connectivity index is 1.55. The molecule has 1 unspecified atom stereocenters. The molecule has 1 aliphatic rings. The lowest BCUT2D eigenvalue weighted by atomic mass is 10.0. The Morgan fingerprint density at radius 1 is 1.24 bits per heavy atom. The number of aromatic nitrogens is 3. The van der Waals surface area contributed by atoms with Crippen molar-refractivity contribution >= 4 is 22.1 Å². The summed E-state index contributed by atoms with van der Waals surface area (Å²) in [6.45, 7) is 1.60. The van der Waals surface area contributed by atoms with E-state index < -0.39 is 34.0 Å². The Bertz CT molecular complexity index is 1290. The van der Waals surface area contributed by atoms with Gasteiger partial charge in [-0.1, -0.05) is 0 Å². The summed E-state index contributed by atoms with van der Waals surface area (Å²) < 4.78 is 53.3. The SMILES string of the molecule is CNS(=O)(=O)Nc1nccc(CN2C(=O)Oc3cc(Oc4cccnn4)ccc3C2C)c1F. The van der Waals surface area contributed by atoms with Crippen LogP contribution in [0.3, 0.4) is 0 Å². The van der Waals surface area contributed by atoms with Crippen LogP contribution in [0.15, 0.2) is 48.8 Å². The molecule has 13 heteroatoms. The number of pyridine rings is 1. The molecule has 33 heavy (non-hydrogen) atoms. The van der Waals surface area contributed by atoms with E-state index in [-0.39, 0.29) is 18.0 Å². The maximum absolute atomic E-state index is 14.9. The number of fused-ring (bicyclic) bond motifs is 1. The molecular formula is C20H19FN6O5S. The summed E-state index contributed by atoms with van der Waals surface area (Å²) in [5, 5.41) is 7.58. The lowest BCUT2D eigenvalue weighted by molar-refractivity contribution is 0.116. The van der Waals surface area contributed by atoms with Crippen LogP contribution in [-0.4, -0.2) is 41.6 Å². The van der Waals surface area contributed by atoms with Crippen LogP contribution >= 0.6 is 0 Å². The zero-order valence-electron chi connectivity index (χ0n) is 17.5. The van der Waals surface area contributed by atoms with E-state index in [0.717, 1.165) is 0 Å². The monoisotopic (exact) mass is 474 g/mol. The minimum Gasteiger partial charge on any atom is -0.437 e. The lowest BCUT2D eigenvalue weighted by Gasteiger charge is -2.34. The predicted octanol–water partition coefficient (Wildman–Crippen LogP) is 2.75. The maximum atomic E-state index is 14.9. The number of nitrogens with zero attached hydrogens (tertiary/aromatic N) is 4. The number of rotatable bonds is 7. The third kappa shape index (κ3) is 4.83. The molecule has 3 heterocycles. The van der Waals surface area contributed by atoms with Crippen LogP contribution in [0.1, 0.15) is 24.1 Å². The number of hydrogen-bond acceptors (Lipinski definition) is 8. The normalized spacial score (nSPS) is 15.5. The highest BCUT2D eigenvalue weighted by Gasteiger charge is 2.33. The van der Waals surface area contributed by atoms with Gasteiger partial charge in [-0.3, -0.25) is 9.62 Å². The molecule has 172 valence electrons. The van der Waals surface area contributed by atoms with Crippen LogP contribution in [0.2, 0.25) is 0 Å². The van der Waals surface area contributed by atoms with Crippen molar-refractivity contribution in [3.63, 3.8) is 0 Å². The van der Waals surface area contributed by atoms with Crippen molar-refractivity contribution in [3.8, 4) is 17.4 Å². The van der Waals surface area contributed by atoms with E-state index in [0.29, 0.717) is 17.1 Å². The maximum Gasteiger partial charge on any atom is 0.416 e. The fourth-order valence-corrected chi connectivity index (χ4v) is 3.69. The minimum absolute atomic E-state index is 0.0636. The predicted molar refractivity (Wildman–Crippen MR) is 114 cm³/mol. The van der Waals surface area contributed by atoms with Crippen LogP contribution < -0.4 is 18.9 Å². The number of ether oxygens (including phenoxy) is 2. The second-order valence-corrected chi connectivity index (χ2v) is 8.60. The van der Waals surface area contributed by atoms with Crippen LogP contribution in [0.25, 0.3) is 0 Å². The summed E-state index contributed by atoms with van der Waals surface area (Å²) in [6.07, 6.45) is 2.07. The molecule has 0 saturated carbocycles. The molecule has 11 nitrogen and oxygen atoms in total. The number of nitrogens with one attached hydrogen (secondary N) is 2. The molecular weight excluding hydrogens is 455 g/mol. The average Bonchev–Trinajstić information content (AvgIpc) is 2.79. The van der Waals surface area contributed by atoms with E-state index in [2.05, 4.69) is 15.2 Å². The van der Waals surface area contributed by atoms with Crippen LogP contribution in [0.5, 0.6) is 17.4 Å². The molecule has 0 spiro atoms. The third-order valence-corrected chi connectivity index (χ3v) is 5.91. The Kier molecular flexibility index (Phi) is 6.07. The van der Waals surface area contributed by atoms with Crippen molar-refractivity contribution in [1.82, 2.24) is 24.8 Å². The van der Waals surface area contributed by atoms with Gasteiger partial charge < -0.3 is 9.47 Å². The van der Waals surface area contributed by atoms with Gasteiger partial charge in [0, 0.05) is 42.7 Å². The van der Waals surface area contributed by atoms with E-state index >= 15 is 0 Å². The molecule has 2 N–H and O–H groups in total. The molecule has 0 radical (unpaired) electrons. The number of amides is 1. The molecule has 3 aromatic rings. The first-order valence-corrected chi connectivity index (χ1v) is 11.2. The minimum atomic E-state index is -3.96. The molecule has 2 aromatic heterocycles. The fourth-order valence-electron chi connectivity index (χ4n) is 3.19. The lowest BCUT2D eigenvalue weighted by Crippen LogP contribution is -2.39. The van der Waals surface area contributed by atoms with Crippen molar-refractivity contribution in [3.05, 3.63) is 65.7 Å². The van der Waals surface area contributed by atoms with Gasteiger partial charge in [-0.05, 0) is 31.2 Å². The highest BCUT2D eigenvalue weighted by atomic mass is 32.2. The number of carbonyl (C=O) groups excluding carboxylic acids is 1. The van der Waals surface area contributed by atoms with Gasteiger partial charge in [-0.15, -0.1) is 5.10 Å². The number of carbonyl (C=O) groups is 1. The fraction of sp³-hybridized carbons (Fsp3) is 0.200. The Morgan fingerprint density at radius 3 is 2.79 bits per heavy atom. The van der Waals surface area contributed by atoms with Gasteiger partial charge >= 0.3 is 6.09 Å². The topological polar surface area (TPSA) is 136 Å². The first-order valence-electron chi connectivity index (χ1n) is 9.70. The highest BCUT2D eigenvalue weighted by Crippen LogP contribution is 2.38. The van der Waals surface area contributed by atoms with Crippen LogP contribution in [0.4, 0.5) is 15.0 Å². The molecule has 1 amide bonds. The Labute approximate surface area is 188 Å². The van der Waals surface area contributed by atoms with Gasteiger partial charge in [0.15, 0.2) is 11.6 Å². The average molecular weight is 474 g/mol. The van der Waals surface area contributed by atoms with E-state index in [1.54, 1.807) is 37.3 Å². The second-order valence-electron chi connectivity index (χ2n) is 6.98. The number of halogens is 1. The summed E-state index contributed by atoms with van der Waals surface area (Å²) in [7, 11) is -2.78. The van der Waals surface area contributed by atoms with Gasteiger partial charge in [0.25, 0.3) is 10.2 Å². The summed E-state index contributed by atoms with van der Waals surface area (Å²) in [4.78, 5) is 17.7. The van der Waals surface area contributed by atoms with Crippen LogP contribution in [-0.2, 0) is 16.8 Å². The first-order chi connectivity index (χ1) is 15.8.